The van der Waals surface area contributed by atoms with Crippen LogP contribution in [0, 0.1) is 11.8 Å². The molecule has 2 unspecified atom stereocenters. The summed E-state index contributed by atoms with van der Waals surface area (Å²) in [6.07, 6.45) is 7.42. The molecule has 5 nitrogen and oxygen atoms in total. The van der Waals surface area contributed by atoms with Gasteiger partial charge in [-0.15, -0.1) is 0 Å². The summed E-state index contributed by atoms with van der Waals surface area (Å²) in [5.74, 6) is 1.45. The maximum absolute atomic E-state index is 11.8. The van der Waals surface area contributed by atoms with Crippen LogP contribution in [0.5, 0.6) is 0 Å². The molecule has 1 aromatic heterocycles. The number of hydrogen-bond acceptors (Lipinski definition) is 3. The van der Waals surface area contributed by atoms with Gasteiger partial charge in [0, 0.05) is 6.54 Å². The molecule has 0 radical (unpaired) electrons. The van der Waals surface area contributed by atoms with Gasteiger partial charge >= 0.3 is 0 Å². The first-order chi connectivity index (χ1) is 8.58. The van der Waals surface area contributed by atoms with Gasteiger partial charge in [-0.1, -0.05) is 26.2 Å². The highest BCUT2D eigenvalue weighted by Gasteiger charge is 2.20. The van der Waals surface area contributed by atoms with Crippen LogP contribution in [0.2, 0.25) is 0 Å². The van der Waals surface area contributed by atoms with Crippen LogP contribution >= 0.6 is 0 Å². The van der Waals surface area contributed by atoms with Crippen molar-refractivity contribution in [1.82, 2.24) is 14.9 Å². The Morgan fingerprint density at radius 2 is 2.33 bits per heavy atom. The van der Waals surface area contributed by atoms with E-state index in [2.05, 4.69) is 21.8 Å². The van der Waals surface area contributed by atoms with Gasteiger partial charge in [-0.25, -0.2) is 13.1 Å². The Balaban J connectivity index is 1.78. The summed E-state index contributed by atoms with van der Waals surface area (Å²) in [6, 6.07) is 1.46. The molecule has 18 heavy (non-hydrogen) atoms. The molecule has 6 heteroatoms. The van der Waals surface area contributed by atoms with Crippen molar-refractivity contribution in [3.8, 4) is 0 Å². The van der Waals surface area contributed by atoms with Crippen LogP contribution in [0.4, 0.5) is 0 Å². The number of rotatable bonds is 5. The number of nitrogens with one attached hydrogen (secondary N) is 2. The number of nitrogens with zero attached hydrogens (tertiary/aromatic N) is 1. The normalized spacial score (nSPS) is 25.2. The lowest BCUT2D eigenvalue weighted by molar-refractivity contribution is 0.271. The summed E-state index contributed by atoms with van der Waals surface area (Å²) in [5.41, 5.74) is 0. The van der Waals surface area contributed by atoms with E-state index >= 15 is 0 Å². The largest absolute Gasteiger partial charge is 0.266 e. The molecular formula is C12H21N3O2S. The molecule has 1 aliphatic rings. The van der Waals surface area contributed by atoms with Gasteiger partial charge < -0.3 is 0 Å². The Bertz CT molecular complexity index is 456. The summed E-state index contributed by atoms with van der Waals surface area (Å²) in [5, 5.41) is 6.26. The van der Waals surface area contributed by atoms with E-state index in [0.29, 0.717) is 12.5 Å². The molecule has 0 saturated heterocycles. The Morgan fingerprint density at radius 1 is 1.50 bits per heavy atom. The molecule has 1 heterocycles. The van der Waals surface area contributed by atoms with Gasteiger partial charge in [0.05, 0.1) is 6.20 Å². The van der Waals surface area contributed by atoms with E-state index < -0.39 is 10.0 Å². The third kappa shape index (κ3) is 3.55. The Morgan fingerprint density at radius 3 is 3.00 bits per heavy atom. The summed E-state index contributed by atoms with van der Waals surface area (Å²) in [6.45, 7) is 2.79. The summed E-state index contributed by atoms with van der Waals surface area (Å²) in [7, 11) is -3.40. The number of aromatic amines is 1. The van der Waals surface area contributed by atoms with E-state index in [1.807, 2.05) is 0 Å². The highest BCUT2D eigenvalue weighted by atomic mass is 32.2. The smallest absolute Gasteiger partial charge is 0.257 e. The van der Waals surface area contributed by atoms with Crippen LogP contribution in [0.1, 0.15) is 39.0 Å². The van der Waals surface area contributed by atoms with E-state index in [9.17, 15) is 8.42 Å². The molecule has 1 fully saturated rings. The van der Waals surface area contributed by atoms with Crippen LogP contribution in [-0.2, 0) is 10.0 Å². The Hall–Kier alpha value is -0.880. The zero-order chi connectivity index (χ0) is 13.0. The summed E-state index contributed by atoms with van der Waals surface area (Å²) in [4.78, 5) is 0. The SMILES string of the molecule is CC1CCCC(CCNS(=O)(=O)c2ccn[nH]2)C1. The van der Waals surface area contributed by atoms with E-state index in [0.717, 1.165) is 12.3 Å². The van der Waals surface area contributed by atoms with Gasteiger partial charge in [0.25, 0.3) is 10.0 Å². The van der Waals surface area contributed by atoms with Crippen LogP contribution in [-0.4, -0.2) is 25.2 Å². The fourth-order valence-electron chi connectivity index (χ4n) is 2.69. The van der Waals surface area contributed by atoms with Crippen molar-refractivity contribution in [2.24, 2.45) is 11.8 Å². The first kappa shape index (κ1) is 13.5. The molecule has 1 saturated carbocycles. The second-order valence-corrected chi connectivity index (χ2v) is 6.98. The van der Waals surface area contributed by atoms with Crippen molar-refractivity contribution in [1.29, 1.82) is 0 Å². The minimum absolute atomic E-state index is 0.138. The van der Waals surface area contributed by atoms with Crippen molar-refractivity contribution in [2.75, 3.05) is 6.54 Å². The predicted molar refractivity (Wildman–Crippen MR) is 69.5 cm³/mol. The van der Waals surface area contributed by atoms with E-state index in [1.165, 1.54) is 37.9 Å². The molecule has 0 spiro atoms. The lowest BCUT2D eigenvalue weighted by Gasteiger charge is -2.26. The average Bonchev–Trinajstić information content (AvgIpc) is 2.83. The fourth-order valence-corrected chi connectivity index (χ4v) is 3.64. The van der Waals surface area contributed by atoms with E-state index in [4.69, 9.17) is 0 Å². The Kier molecular flexibility index (Phi) is 4.40. The van der Waals surface area contributed by atoms with Gasteiger partial charge in [-0.2, -0.15) is 5.10 Å². The molecule has 0 aromatic carbocycles. The second kappa shape index (κ2) is 5.84. The molecule has 1 aromatic rings. The third-order valence-electron chi connectivity index (χ3n) is 3.65. The van der Waals surface area contributed by atoms with Crippen LogP contribution in [0.15, 0.2) is 17.3 Å². The van der Waals surface area contributed by atoms with Crippen LogP contribution < -0.4 is 4.72 Å². The highest BCUT2D eigenvalue weighted by molar-refractivity contribution is 7.89. The lowest BCUT2D eigenvalue weighted by Crippen LogP contribution is -2.27. The standard InChI is InChI=1S/C12H21N3O2S/c1-10-3-2-4-11(9-10)5-8-14-18(16,17)12-6-7-13-15-12/h6-7,10-11,14H,2-5,8-9H2,1H3,(H,13,15). The highest BCUT2D eigenvalue weighted by Crippen LogP contribution is 2.30. The van der Waals surface area contributed by atoms with Gasteiger partial charge in [-0.3, -0.25) is 5.10 Å². The summed E-state index contributed by atoms with van der Waals surface area (Å²) >= 11 is 0. The molecule has 0 aliphatic heterocycles. The maximum Gasteiger partial charge on any atom is 0.257 e. The minimum Gasteiger partial charge on any atom is -0.266 e. The fraction of sp³-hybridized carbons (Fsp3) is 0.750. The quantitative estimate of drug-likeness (QED) is 0.859. The zero-order valence-electron chi connectivity index (χ0n) is 10.7. The van der Waals surface area contributed by atoms with Gasteiger partial charge in [0.15, 0.2) is 5.03 Å². The topological polar surface area (TPSA) is 74.8 Å². The lowest BCUT2D eigenvalue weighted by atomic mass is 9.81. The van der Waals surface area contributed by atoms with Crippen molar-refractivity contribution in [3.05, 3.63) is 12.3 Å². The van der Waals surface area contributed by atoms with E-state index in [1.54, 1.807) is 0 Å². The third-order valence-corrected chi connectivity index (χ3v) is 5.04. The monoisotopic (exact) mass is 271 g/mol. The first-order valence-electron chi connectivity index (χ1n) is 6.57. The molecule has 0 amide bonds. The molecule has 1 aliphatic carbocycles. The molecule has 102 valence electrons. The number of H-pyrrole nitrogens is 1. The Labute approximate surface area is 108 Å². The van der Waals surface area contributed by atoms with Crippen LogP contribution in [0.25, 0.3) is 0 Å². The molecule has 2 rings (SSSR count). The van der Waals surface area contributed by atoms with Gasteiger partial charge in [-0.05, 0) is 30.7 Å². The first-order valence-corrected chi connectivity index (χ1v) is 8.05. The number of sulfonamides is 1. The minimum atomic E-state index is -3.40. The number of hydrogen-bond donors (Lipinski definition) is 2. The van der Waals surface area contributed by atoms with Crippen molar-refractivity contribution < 1.29 is 8.42 Å². The zero-order valence-corrected chi connectivity index (χ0v) is 11.5. The van der Waals surface area contributed by atoms with Crippen molar-refractivity contribution in [2.45, 2.75) is 44.1 Å². The van der Waals surface area contributed by atoms with Gasteiger partial charge in [0.2, 0.25) is 0 Å². The van der Waals surface area contributed by atoms with Crippen molar-refractivity contribution in [3.63, 3.8) is 0 Å². The van der Waals surface area contributed by atoms with E-state index in [-0.39, 0.29) is 5.03 Å². The summed E-state index contributed by atoms with van der Waals surface area (Å²) < 4.78 is 26.3. The average molecular weight is 271 g/mol. The van der Waals surface area contributed by atoms with Crippen LogP contribution in [0.3, 0.4) is 0 Å². The van der Waals surface area contributed by atoms with Crippen molar-refractivity contribution >= 4 is 10.0 Å². The maximum atomic E-state index is 11.8. The van der Waals surface area contributed by atoms with Gasteiger partial charge in [0.1, 0.15) is 0 Å². The second-order valence-electron chi connectivity index (χ2n) is 5.25. The molecular weight excluding hydrogens is 250 g/mol. The number of aromatic nitrogens is 2. The molecule has 0 bridgehead atoms. The molecule has 2 atom stereocenters. The predicted octanol–water partition coefficient (Wildman–Crippen LogP) is 1.90. The molecule has 2 N–H and O–H groups in total.